The van der Waals surface area contributed by atoms with Gasteiger partial charge in [-0.25, -0.2) is 4.79 Å². The fraction of sp³-hybridized carbons (Fsp3) is 0.560. The molecule has 0 bridgehead atoms. The van der Waals surface area contributed by atoms with Gasteiger partial charge in [0.25, 0.3) is 0 Å². The second kappa shape index (κ2) is 11.2. The highest BCUT2D eigenvalue weighted by atomic mass is 16.5. The number of hydrogen-bond acceptors (Lipinski definition) is 4. The standard InChI is InChI=1S/C25H34O4/c1-3-17-27-22-11-5-19(6-12-22)20-7-15-24(16-8-20)29-25(26)21-9-13-23(14-10-21)28-18-4-2/h3-4,9-10,13-14,19-20,22,24H,1-2,5-8,11-12,15-18H2. The van der Waals surface area contributed by atoms with Crippen molar-refractivity contribution in [2.75, 3.05) is 13.2 Å². The number of carbonyl (C=O) groups excluding carboxylic acids is 1. The lowest BCUT2D eigenvalue weighted by Gasteiger charge is -2.37. The van der Waals surface area contributed by atoms with E-state index in [9.17, 15) is 4.79 Å². The minimum absolute atomic E-state index is 0.0442. The summed E-state index contributed by atoms with van der Waals surface area (Å²) in [6.45, 7) is 8.47. The third kappa shape index (κ3) is 6.46. The molecule has 2 saturated carbocycles. The molecule has 0 N–H and O–H groups in total. The molecular weight excluding hydrogens is 364 g/mol. The summed E-state index contributed by atoms with van der Waals surface area (Å²) in [6.07, 6.45) is 13.1. The van der Waals surface area contributed by atoms with Crippen LogP contribution in [0.25, 0.3) is 0 Å². The minimum Gasteiger partial charge on any atom is -0.490 e. The van der Waals surface area contributed by atoms with Gasteiger partial charge < -0.3 is 14.2 Å². The molecule has 2 aliphatic carbocycles. The molecule has 4 nitrogen and oxygen atoms in total. The highest BCUT2D eigenvalue weighted by Gasteiger charge is 2.32. The highest BCUT2D eigenvalue weighted by molar-refractivity contribution is 5.89. The predicted octanol–water partition coefficient (Wildman–Crippen LogP) is 5.73. The Kier molecular flexibility index (Phi) is 8.36. The van der Waals surface area contributed by atoms with Crippen molar-refractivity contribution in [3.8, 4) is 5.75 Å². The van der Waals surface area contributed by atoms with Crippen LogP contribution in [0, 0.1) is 11.8 Å². The fourth-order valence-corrected chi connectivity index (χ4v) is 4.67. The maximum atomic E-state index is 12.4. The van der Waals surface area contributed by atoms with Gasteiger partial charge in [0.2, 0.25) is 0 Å². The minimum atomic E-state index is -0.233. The third-order valence-electron chi connectivity index (χ3n) is 6.29. The molecule has 4 heteroatoms. The largest absolute Gasteiger partial charge is 0.490 e. The predicted molar refractivity (Wildman–Crippen MR) is 115 cm³/mol. The van der Waals surface area contributed by atoms with Crippen molar-refractivity contribution in [2.24, 2.45) is 11.8 Å². The molecule has 1 aromatic carbocycles. The molecule has 158 valence electrons. The van der Waals surface area contributed by atoms with Gasteiger partial charge in [-0.05, 0) is 87.5 Å². The fourth-order valence-electron chi connectivity index (χ4n) is 4.67. The van der Waals surface area contributed by atoms with Gasteiger partial charge in [-0.15, -0.1) is 6.58 Å². The molecule has 0 spiro atoms. The topological polar surface area (TPSA) is 44.8 Å². The van der Waals surface area contributed by atoms with Gasteiger partial charge in [-0.3, -0.25) is 0 Å². The molecular formula is C25H34O4. The average Bonchev–Trinajstić information content (AvgIpc) is 2.77. The molecule has 0 heterocycles. The van der Waals surface area contributed by atoms with Crippen molar-refractivity contribution in [1.29, 1.82) is 0 Å². The molecule has 1 aromatic rings. The summed E-state index contributed by atoms with van der Waals surface area (Å²) in [6, 6.07) is 7.12. The summed E-state index contributed by atoms with van der Waals surface area (Å²) in [5.41, 5.74) is 0.580. The molecule has 0 saturated heterocycles. The van der Waals surface area contributed by atoms with Crippen LogP contribution in [0.4, 0.5) is 0 Å². The van der Waals surface area contributed by atoms with E-state index in [0.29, 0.717) is 24.9 Å². The molecule has 2 aliphatic rings. The van der Waals surface area contributed by atoms with Crippen LogP contribution in [0.3, 0.4) is 0 Å². The van der Waals surface area contributed by atoms with Crippen LogP contribution >= 0.6 is 0 Å². The molecule has 0 aromatic heterocycles. The second-order valence-corrected chi connectivity index (χ2v) is 8.22. The lowest BCUT2D eigenvalue weighted by atomic mass is 9.72. The van der Waals surface area contributed by atoms with Gasteiger partial charge in [0.15, 0.2) is 0 Å². The Balaban J connectivity index is 1.39. The molecule has 3 rings (SSSR count). The molecule has 0 amide bonds. The van der Waals surface area contributed by atoms with Crippen LogP contribution in [0.5, 0.6) is 5.75 Å². The SMILES string of the molecule is C=CCOc1ccc(C(=O)OC2CCC(C3CCC(OCC=C)CC3)CC2)cc1. The average molecular weight is 399 g/mol. The van der Waals surface area contributed by atoms with Gasteiger partial charge in [-0.2, -0.15) is 0 Å². The van der Waals surface area contributed by atoms with E-state index in [1.54, 1.807) is 30.3 Å². The Bertz CT molecular complexity index is 650. The lowest BCUT2D eigenvalue weighted by Crippen LogP contribution is -2.31. The number of benzene rings is 1. The van der Waals surface area contributed by atoms with Crippen molar-refractivity contribution < 1.29 is 19.0 Å². The van der Waals surface area contributed by atoms with Gasteiger partial charge in [-0.1, -0.05) is 18.7 Å². The van der Waals surface area contributed by atoms with Crippen LogP contribution in [0.1, 0.15) is 61.7 Å². The Hall–Kier alpha value is -2.07. The normalized spacial score (nSPS) is 27.0. The number of esters is 1. The van der Waals surface area contributed by atoms with Crippen LogP contribution in [-0.2, 0) is 9.47 Å². The van der Waals surface area contributed by atoms with Crippen molar-refractivity contribution in [3.63, 3.8) is 0 Å². The van der Waals surface area contributed by atoms with E-state index in [-0.39, 0.29) is 12.1 Å². The smallest absolute Gasteiger partial charge is 0.338 e. The molecule has 0 unspecified atom stereocenters. The first-order valence-electron chi connectivity index (χ1n) is 11.0. The van der Waals surface area contributed by atoms with Crippen molar-refractivity contribution in [3.05, 3.63) is 55.1 Å². The monoisotopic (exact) mass is 398 g/mol. The van der Waals surface area contributed by atoms with E-state index in [2.05, 4.69) is 13.2 Å². The number of rotatable bonds is 9. The maximum absolute atomic E-state index is 12.4. The quantitative estimate of drug-likeness (QED) is 0.394. The summed E-state index contributed by atoms with van der Waals surface area (Å²) in [5.74, 6) is 2.07. The van der Waals surface area contributed by atoms with Gasteiger partial charge in [0.05, 0.1) is 18.3 Å². The maximum Gasteiger partial charge on any atom is 0.338 e. The first kappa shape index (κ1) is 21.6. The van der Waals surface area contributed by atoms with E-state index in [1.165, 1.54) is 25.7 Å². The first-order valence-corrected chi connectivity index (χ1v) is 11.0. The van der Waals surface area contributed by atoms with Crippen LogP contribution in [0.15, 0.2) is 49.6 Å². The third-order valence-corrected chi connectivity index (χ3v) is 6.29. The summed E-state index contributed by atoms with van der Waals surface area (Å²) in [5, 5.41) is 0. The number of ether oxygens (including phenoxy) is 3. The van der Waals surface area contributed by atoms with Gasteiger partial charge in [0, 0.05) is 0 Å². The van der Waals surface area contributed by atoms with Crippen LogP contribution < -0.4 is 4.74 Å². The zero-order valence-corrected chi connectivity index (χ0v) is 17.4. The van der Waals surface area contributed by atoms with Crippen LogP contribution in [0.2, 0.25) is 0 Å². The van der Waals surface area contributed by atoms with Gasteiger partial charge >= 0.3 is 5.97 Å². The molecule has 0 aliphatic heterocycles. The lowest BCUT2D eigenvalue weighted by molar-refractivity contribution is 0.000892. The zero-order chi connectivity index (χ0) is 20.5. The van der Waals surface area contributed by atoms with Gasteiger partial charge in [0.1, 0.15) is 18.5 Å². The zero-order valence-electron chi connectivity index (χ0n) is 17.4. The van der Waals surface area contributed by atoms with Crippen molar-refractivity contribution in [2.45, 2.75) is 63.6 Å². The summed E-state index contributed by atoms with van der Waals surface area (Å²) >= 11 is 0. The Labute approximate surface area is 174 Å². The molecule has 2 fully saturated rings. The Morgan fingerprint density at radius 3 is 1.93 bits per heavy atom. The van der Waals surface area contributed by atoms with Crippen molar-refractivity contribution >= 4 is 5.97 Å². The van der Waals surface area contributed by atoms with Crippen molar-refractivity contribution in [1.82, 2.24) is 0 Å². The van der Waals surface area contributed by atoms with E-state index in [0.717, 1.165) is 43.3 Å². The van der Waals surface area contributed by atoms with E-state index in [4.69, 9.17) is 14.2 Å². The molecule has 0 atom stereocenters. The van der Waals surface area contributed by atoms with Crippen LogP contribution in [-0.4, -0.2) is 31.4 Å². The second-order valence-electron chi connectivity index (χ2n) is 8.22. The summed E-state index contributed by atoms with van der Waals surface area (Å²) < 4.78 is 17.0. The molecule has 29 heavy (non-hydrogen) atoms. The summed E-state index contributed by atoms with van der Waals surface area (Å²) in [7, 11) is 0. The Morgan fingerprint density at radius 1 is 0.828 bits per heavy atom. The first-order chi connectivity index (χ1) is 14.2. The Morgan fingerprint density at radius 2 is 1.38 bits per heavy atom. The van der Waals surface area contributed by atoms with E-state index < -0.39 is 0 Å². The highest BCUT2D eigenvalue weighted by Crippen LogP contribution is 2.39. The molecule has 0 radical (unpaired) electrons. The number of carbonyl (C=O) groups is 1. The summed E-state index contributed by atoms with van der Waals surface area (Å²) in [4.78, 5) is 12.4. The van der Waals surface area contributed by atoms with E-state index in [1.807, 2.05) is 6.08 Å². The number of hydrogen-bond donors (Lipinski definition) is 0. The van der Waals surface area contributed by atoms with E-state index >= 15 is 0 Å².